The molecule has 1 heterocycles. The molecule has 20 heavy (non-hydrogen) atoms. The van der Waals surface area contributed by atoms with Crippen LogP contribution >= 0.6 is 0 Å². The third kappa shape index (κ3) is 3.88. The summed E-state index contributed by atoms with van der Waals surface area (Å²) in [7, 11) is 0. The van der Waals surface area contributed by atoms with Crippen LogP contribution in [0.2, 0.25) is 0 Å². The molecule has 0 spiro atoms. The second-order valence-electron chi connectivity index (χ2n) is 5.53. The monoisotopic (exact) mass is 274 g/mol. The Labute approximate surface area is 125 Å². The van der Waals surface area contributed by atoms with Gasteiger partial charge in [0.1, 0.15) is 11.9 Å². The van der Waals surface area contributed by atoms with E-state index < -0.39 is 0 Å². The van der Waals surface area contributed by atoms with Crippen LogP contribution in [0.4, 0.5) is 0 Å². The van der Waals surface area contributed by atoms with Gasteiger partial charge < -0.3 is 4.74 Å². The summed E-state index contributed by atoms with van der Waals surface area (Å²) in [6, 6.07) is 10.5. The molecule has 1 nitrogen and oxygen atoms in total. The van der Waals surface area contributed by atoms with Crippen LogP contribution in [-0.4, -0.2) is 6.10 Å². The van der Waals surface area contributed by atoms with Gasteiger partial charge in [0.05, 0.1) is 0 Å². The number of allylic oxidation sites excluding steroid dienone is 1. The molecule has 4 unspecified atom stereocenters. The van der Waals surface area contributed by atoms with E-state index in [1.807, 2.05) is 19.9 Å². The molecule has 0 aliphatic carbocycles. The molecule has 0 N–H and O–H groups in total. The summed E-state index contributed by atoms with van der Waals surface area (Å²) in [5.74, 6) is 2.97. The highest BCUT2D eigenvalue weighted by Crippen LogP contribution is 2.38. The Morgan fingerprint density at radius 1 is 1.00 bits per heavy atom. The van der Waals surface area contributed by atoms with Crippen molar-refractivity contribution in [3.05, 3.63) is 41.7 Å². The molecule has 0 bridgehead atoms. The minimum atomic E-state index is 0.367. The smallest absolute Gasteiger partial charge is 0.101 e. The van der Waals surface area contributed by atoms with E-state index in [4.69, 9.17) is 4.74 Å². The minimum absolute atomic E-state index is 0.367. The zero-order chi connectivity index (χ0) is 15.1. The number of hydrogen-bond donors (Lipinski definition) is 0. The van der Waals surface area contributed by atoms with Crippen LogP contribution in [0.15, 0.2) is 36.1 Å². The van der Waals surface area contributed by atoms with E-state index in [-0.39, 0.29) is 0 Å². The molecule has 2 rings (SSSR count). The Morgan fingerprint density at radius 3 is 2.15 bits per heavy atom. The molecular weight excluding hydrogens is 244 g/mol. The molecule has 1 aromatic rings. The topological polar surface area (TPSA) is 9.23 Å². The van der Waals surface area contributed by atoms with Gasteiger partial charge in [-0.3, -0.25) is 0 Å². The van der Waals surface area contributed by atoms with E-state index in [0.29, 0.717) is 23.9 Å². The maximum Gasteiger partial charge on any atom is 0.101 e. The largest absolute Gasteiger partial charge is 0.494 e. The minimum Gasteiger partial charge on any atom is -0.494 e. The lowest BCUT2D eigenvalue weighted by Gasteiger charge is -2.40. The van der Waals surface area contributed by atoms with Gasteiger partial charge in [0.15, 0.2) is 0 Å². The van der Waals surface area contributed by atoms with Crippen LogP contribution < -0.4 is 0 Å². The lowest BCUT2D eigenvalue weighted by molar-refractivity contribution is -0.0240. The van der Waals surface area contributed by atoms with Crippen molar-refractivity contribution in [2.45, 2.75) is 54.1 Å². The van der Waals surface area contributed by atoms with Crippen LogP contribution in [-0.2, 0) is 4.74 Å². The SMILES string of the molecule is CC.CCC1OC(=Cc2ccccc2)C(C)C(C)C1C. The van der Waals surface area contributed by atoms with E-state index in [2.05, 4.69) is 58.0 Å². The van der Waals surface area contributed by atoms with Crippen LogP contribution in [0.1, 0.15) is 53.5 Å². The van der Waals surface area contributed by atoms with Gasteiger partial charge in [-0.2, -0.15) is 0 Å². The summed E-state index contributed by atoms with van der Waals surface area (Å²) in [4.78, 5) is 0. The normalized spacial score (nSPS) is 31.2. The van der Waals surface area contributed by atoms with Gasteiger partial charge in [0, 0.05) is 5.92 Å². The highest BCUT2D eigenvalue weighted by atomic mass is 16.5. The van der Waals surface area contributed by atoms with Crippen molar-refractivity contribution in [1.82, 2.24) is 0 Å². The first-order valence-corrected chi connectivity index (χ1v) is 8.06. The summed E-state index contributed by atoms with van der Waals surface area (Å²) >= 11 is 0. The van der Waals surface area contributed by atoms with Gasteiger partial charge in [-0.25, -0.2) is 0 Å². The average molecular weight is 274 g/mol. The quantitative estimate of drug-likeness (QED) is 0.665. The summed E-state index contributed by atoms with van der Waals surface area (Å²) in [5, 5.41) is 0. The molecule has 1 aliphatic rings. The Hall–Kier alpha value is -1.24. The fourth-order valence-corrected chi connectivity index (χ4v) is 2.78. The van der Waals surface area contributed by atoms with Crippen molar-refractivity contribution in [2.75, 3.05) is 0 Å². The van der Waals surface area contributed by atoms with Crippen LogP contribution in [0.25, 0.3) is 6.08 Å². The first-order valence-electron chi connectivity index (χ1n) is 8.06. The number of rotatable bonds is 2. The molecule has 0 saturated carbocycles. The van der Waals surface area contributed by atoms with Crippen molar-refractivity contribution in [2.24, 2.45) is 17.8 Å². The molecule has 1 fully saturated rings. The second kappa shape index (κ2) is 8.14. The first-order chi connectivity index (χ1) is 9.63. The van der Waals surface area contributed by atoms with E-state index in [0.717, 1.165) is 12.2 Å². The van der Waals surface area contributed by atoms with Crippen molar-refractivity contribution in [3.8, 4) is 0 Å². The lowest BCUT2D eigenvalue weighted by Crippen LogP contribution is -2.36. The molecule has 0 aromatic heterocycles. The third-order valence-corrected chi connectivity index (χ3v) is 4.45. The molecule has 4 atom stereocenters. The molecular formula is C19H30O. The summed E-state index contributed by atoms with van der Waals surface area (Å²) in [5.41, 5.74) is 1.23. The molecule has 1 heteroatoms. The molecule has 1 saturated heterocycles. The van der Waals surface area contributed by atoms with Gasteiger partial charge in [-0.05, 0) is 29.9 Å². The molecule has 1 aromatic carbocycles. The van der Waals surface area contributed by atoms with Gasteiger partial charge in [-0.1, -0.05) is 71.9 Å². The van der Waals surface area contributed by atoms with Crippen LogP contribution in [0, 0.1) is 17.8 Å². The van der Waals surface area contributed by atoms with E-state index >= 15 is 0 Å². The van der Waals surface area contributed by atoms with Crippen molar-refractivity contribution in [3.63, 3.8) is 0 Å². The lowest BCUT2D eigenvalue weighted by atomic mass is 9.77. The van der Waals surface area contributed by atoms with Crippen LogP contribution in [0.3, 0.4) is 0 Å². The first kappa shape index (κ1) is 16.8. The predicted octanol–water partition coefficient (Wildman–Crippen LogP) is 5.77. The maximum absolute atomic E-state index is 6.20. The van der Waals surface area contributed by atoms with Gasteiger partial charge >= 0.3 is 0 Å². The van der Waals surface area contributed by atoms with E-state index in [1.165, 1.54) is 5.56 Å². The fourth-order valence-electron chi connectivity index (χ4n) is 2.78. The zero-order valence-corrected chi connectivity index (χ0v) is 13.9. The predicted molar refractivity (Wildman–Crippen MR) is 88.4 cm³/mol. The fraction of sp³-hybridized carbons (Fsp3) is 0.579. The Balaban J connectivity index is 0.000000956. The number of ether oxygens (including phenoxy) is 1. The van der Waals surface area contributed by atoms with Crippen molar-refractivity contribution in [1.29, 1.82) is 0 Å². The molecule has 1 aliphatic heterocycles. The standard InChI is InChI=1S/C17H24O.C2H6/c1-5-16-13(3)12(2)14(4)17(18-16)11-15-9-7-6-8-10-15;1-2/h6-14,16H,5H2,1-4H3;1-2H3. The number of benzene rings is 1. The van der Waals surface area contributed by atoms with E-state index in [1.54, 1.807) is 0 Å². The third-order valence-electron chi connectivity index (χ3n) is 4.45. The Kier molecular flexibility index (Phi) is 6.84. The summed E-state index contributed by atoms with van der Waals surface area (Å²) in [6.45, 7) is 13.2. The average Bonchev–Trinajstić information content (AvgIpc) is 2.51. The molecule has 112 valence electrons. The zero-order valence-electron chi connectivity index (χ0n) is 13.9. The molecule has 0 amide bonds. The van der Waals surface area contributed by atoms with Crippen LogP contribution in [0.5, 0.6) is 0 Å². The van der Waals surface area contributed by atoms with E-state index in [9.17, 15) is 0 Å². The van der Waals surface area contributed by atoms with Crippen molar-refractivity contribution >= 4 is 6.08 Å². The Bertz CT molecular complexity index is 405. The Morgan fingerprint density at radius 2 is 1.60 bits per heavy atom. The highest BCUT2D eigenvalue weighted by molar-refractivity contribution is 5.51. The summed E-state index contributed by atoms with van der Waals surface area (Å²) in [6.07, 6.45) is 3.66. The maximum atomic E-state index is 6.20. The highest BCUT2D eigenvalue weighted by Gasteiger charge is 2.35. The van der Waals surface area contributed by atoms with Gasteiger partial charge in [0.25, 0.3) is 0 Å². The summed E-state index contributed by atoms with van der Waals surface area (Å²) < 4.78 is 6.20. The van der Waals surface area contributed by atoms with Gasteiger partial charge in [-0.15, -0.1) is 0 Å². The number of hydrogen-bond acceptors (Lipinski definition) is 1. The second-order valence-corrected chi connectivity index (χ2v) is 5.53. The van der Waals surface area contributed by atoms with Crippen molar-refractivity contribution < 1.29 is 4.74 Å². The van der Waals surface area contributed by atoms with Gasteiger partial charge in [0.2, 0.25) is 0 Å². The molecule has 0 radical (unpaired) electrons.